The van der Waals surface area contributed by atoms with Gasteiger partial charge in [-0.2, -0.15) is 0 Å². The average Bonchev–Trinajstić information content (AvgIpc) is 2.55. The van der Waals surface area contributed by atoms with Crippen molar-refractivity contribution in [3.63, 3.8) is 0 Å². The number of carbonyl (C=O) groups is 1. The monoisotopic (exact) mass is 288 g/mol. The molecule has 1 aliphatic carbocycles. The number of rotatable bonds is 4. The zero-order chi connectivity index (χ0) is 15.1. The van der Waals surface area contributed by atoms with E-state index in [0.717, 1.165) is 24.2 Å². The minimum absolute atomic E-state index is 0.0407. The van der Waals surface area contributed by atoms with Crippen LogP contribution in [0, 0.1) is 0 Å². The second-order valence-electron chi connectivity index (χ2n) is 5.46. The summed E-state index contributed by atoms with van der Waals surface area (Å²) < 4.78 is 5.17. The first-order valence-electron chi connectivity index (χ1n) is 7.54. The number of ether oxygens (including phenoxy) is 1. The smallest absolute Gasteiger partial charge is 0.321 e. The van der Waals surface area contributed by atoms with Crippen LogP contribution in [0.5, 0.6) is 5.75 Å². The van der Waals surface area contributed by atoms with Gasteiger partial charge >= 0.3 is 6.03 Å². The highest BCUT2D eigenvalue weighted by molar-refractivity contribution is 5.76. The zero-order valence-electron chi connectivity index (χ0n) is 12.8. The van der Waals surface area contributed by atoms with Gasteiger partial charge in [-0.05, 0) is 36.6 Å². The molecule has 0 spiro atoms. The topological polar surface area (TPSA) is 41.6 Å². The third-order valence-electron chi connectivity index (χ3n) is 4.02. The first-order chi connectivity index (χ1) is 10.2. The molecule has 1 aromatic rings. The molecule has 2 rings (SSSR count). The number of methoxy groups -OCH3 is 1. The Morgan fingerprint density at radius 1 is 1.33 bits per heavy atom. The predicted molar refractivity (Wildman–Crippen MR) is 85.2 cm³/mol. The van der Waals surface area contributed by atoms with E-state index in [0.29, 0.717) is 6.04 Å². The van der Waals surface area contributed by atoms with E-state index in [9.17, 15) is 4.79 Å². The zero-order valence-corrected chi connectivity index (χ0v) is 12.8. The number of hydrogen-bond donors (Lipinski definition) is 1. The van der Waals surface area contributed by atoms with Crippen molar-refractivity contribution in [2.75, 3.05) is 14.2 Å². The Bertz CT molecular complexity index is 493. The van der Waals surface area contributed by atoms with Gasteiger partial charge in [-0.1, -0.05) is 31.4 Å². The molecule has 0 aliphatic heterocycles. The second-order valence-corrected chi connectivity index (χ2v) is 5.46. The Kier molecular flexibility index (Phi) is 5.67. The summed E-state index contributed by atoms with van der Waals surface area (Å²) in [6.07, 6.45) is 9.53. The maximum absolute atomic E-state index is 12.1. The summed E-state index contributed by atoms with van der Waals surface area (Å²) in [5, 5.41) is 2.83. The molecule has 2 amide bonds. The minimum Gasteiger partial charge on any atom is -0.497 e. The van der Waals surface area contributed by atoms with Crippen LogP contribution >= 0.6 is 0 Å². The van der Waals surface area contributed by atoms with Crippen molar-refractivity contribution in [1.29, 1.82) is 0 Å². The fourth-order valence-electron chi connectivity index (χ4n) is 2.69. The summed E-state index contributed by atoms with van der Waals surface area (Å²) in [5.74, 6) is 0.808. The third kappa shape index (κ3) is 4.52. The van der Waals surface area contributed by atoms with Crippen LogP contribution in [0.2, 0.25) is 0 Å². The number of benzene rings is 1. The fourth-order valence-corrected chi connectivity index (χ4v) is 2.69. The standard InChI is InChI=1S/C17H24N2O2/c1-19(15-8-4-3-5-9-15)17(20)18-12-11-14-7-6-10-16(13-14)21-2/h6-7,10-13,15H,3-5,8-9H2,1-2H3,(H,18,20)/b12-11+. The maximum atomic E-state index is 12.1. The molecule has 21 heavy (non-hydrogen) atoms. The largest absolute Gasteiger partial charge is 0.497 e. The van der Waals surface area contributed by atoms with Gasteiger partial charge in [0.1, 0.15) is 5.75 Å². The molecule has 1 aromatic carbocycles. The summed E-state index contributed by atoms with van der Waals surface area (Å²) in [6, 6.07) is 8.05. The van der Waals surface area contributed by atoms with Crippen LogP contribution in [0.1, 0.15) is 37.7 Å². The van der Waals surface area contributed by atoms with Crippen molar-refractivity contribution in [2.24, 2.45) is 0 Å². The molecule has 0 bridgehead atoms. The summed E-state index contributed by atoms with van der Waals surface area (Å²) in [7, 11) is 3.52. The molecular formula is C17H24N2O2. The molecule has 0 unspecified atom stereocenters. The Balaban J connectivity index is 1.86. The van der Waals surface area contributed by atoms with Gasteiger partial charge in [0.05, 0.1) is 7.11 Å². The number of nitrogens with zero attached hydrogens (tertiary/aromatic N) is 1. The van der Waals surface area contributed by atoms with Crippen molar-refractivity contribution >= 4 is 12.1 Å². The molecule has 0 saturated heterocycles. The molecular weight excluding hydrogens is 264 g/mol. The van der Waals surface area contributed by atoms with E-state index in [1.54, 1.807) is 13.3 Å². The van der Waals surface area contributed by atoms with Crippen LogP contribution in [-0.2, 0) is 0 Å². The lowest BCUT2D eigenvalue weighted by Gasteiger charge is -2.30. The highest BCUT2D eigenvalue weighted by Crippen LogP contribution is 2.21. The van der Waals surface area contributed by atoms with Crippen molar-refractivity contribution in [2.45, 2.75) is 38.1 Å². The normalized spacial score (nSPS) is 15.9. The lowest BCUT2D eigenvalue weighted by molar-refractivity contribution is 0.177. The number of carbonyl (C=O) groups excluding carboxylic acids is 1. The quantitative estimate of drug-likeness (QED) is 0.919. The number of hydrogen-bond acceptors (Lipinski definition) is 2. The second kappa shape index (κ2) is 7.72. The van der Waals surface area contributed by atoms with E-state index in [4.69, 9.17) is 4.74 Å². The minimum atomic E-state index is -0.0407. The highest BCUT2D eigenvalue weighted by atomic mass is 16.5. The Morgan fingerprint density at radius 2 is 2.10 bits per heavy atom. The lowest BCUT2D eigenvalue weighted by Crippen LogP contribution is -2.42. The molecule has 114 valence electrons. The van der Waals surface area contributed by atoms with Gasteiger partial charge < -0.3 is 15.0 Å². The lowest BCUT2D eigenvalue weighted by atomic mass is 9.95. The van der Waals surface area contributed by atoms with E-state index >= 15 is 0 Å². The van der Waals surface area contributed by atoms with Crippen molar-refractivity contribution < 1.29 is 9.53 Å². The Morgan fingerprint density at radius 3 is 2.81 bits per heavy atom. The van der Waals surface area contributed by atoms with Crippen molar-refractivity contribution in [3.05, 3.63) is 36.0 Å². The molecule has 4 nitrogen and oxygen atoms in total. The van der Waals surface area contributed by atoms with Gasteiger partial charge in [-0.25, -0.2) is 4.79 Å². The van der Waals surface area contributed by atoms with Crippen LogP contribution in [0.3, 0.4) is 0 Å². The molecule has 1 saturated carbocycles. The predicted octanol–water partition coefficient (Wildman–Crippen LogP) is 3.64. The molecule has 0 radical (unpaired) electrons. The highest BCUT2D eigenvalue weighted by Gasteiger charge is 2.21. The van der Waals surface area contributed by atoms with Gasteiger partial charge in [-0.3, -0.25) is 0 Å². The van der Waals surface area contributed by atoms with Gasteiger partial charge in [0, 0.05) is 19.3 Å². The van der Waals surface area contributed by atoms with Gasteiger partial charge in [0.15, 0.2) is 0 Å². The van der Waals surface area contributed by atoms with Crippen molar-refractivity contribution in [3.8, 4) is 5.75 Å². The Hall–Kier alpha value is -1.97. The number of nitrogens with one attached hydrogen (secondary N) is 1. The molecule has 1 aliphatic rings. The van der Waals surface area contributed by atoms with E-state index in [2.05, 4.69) is 5.32 Å². The van der Waals surface area contributed by atoms with Crippen molar-refractivity contribution in [1.82, 2.24) is 10.2 Å². The van der Waals surface area contributed by atoms with E-state index < -0.39 is 0 Å². The molecule has 0 aromatic heterocycles. The summed E-state index contributed by atoms with van der Waals surface area (Å²) in [5.41, 5.74) is 0.995. The van der Waals surface area contributed by atoms with E-state index in [1.807, 2.05) is 42.3 Å². The molecule has 0 atom stereocenters. The summed E-state index contributed by atoms with van der Waals surface area (Å²) in [4.78, 5) is 13.9. The summed E-state index contributed by atoms with van der Waals surface area (Å²) >= 11 is 0. The maximum Gasteiger partial charge on any atom is 0.321 e. The van der Waals surface area contributed by atoms with Crippen LogP contribution in [-0.4, -0.2) is 31.1 Å². The fraction of sp³-hybridized carbons (Fsp3) is 0.471. The number of urea groups is 1. The molecule has 1 fully saturated rings. The van der Waals surface area contributed by atoms with Crippen LogP contribution in [0.15, 0.2) is 30.5 Å². The average molecular weight is 288 g/mol. The van der Waals surface area contributed by atoms with Crippen LogP contribution in [0.4, 0.5) is 4.79 Å². The van der Waals surface area contributed by atoms with Gasteiger partial charge in [-0.15, -0.1) is 0 Å². The van der Waals surface area contributed by atoms with Gasteiger partial charge in [0.2, 0.25) is 0 Å². The first kappa shape index (κ1) is 15.4. The number of amides is 2. The van der Waals surface area contributed by atoms with Crippen LogP contribution < -0.4 is 10.1 Å². The third-order valence-corrected chi connectivity index (χ3v) is 4.02. The SMILES string of the molecule is COc1cccc(/C=C/NC(=O)N(C)C2CCCCC2)c1. The van der Waals surface area contributed by atoms with Crippen LogP contribution in [0.25, 0.3) is 6.08 Å². The molecule has 1 N–H and O–H groups in total. The molecule has 4 heteroatoms. The van der Waals surface area contributed by atoms with Gasteiger partial charge in [0.25, 0.3) is 0 Å². The van der Waals surface area contributed by atoms with E-state index in [1.165, 1.54) is 19.3 Å². The first-order valence-corrected chi connectivity index (χ1v) is 7.54. The van der Waals surface area contributed by atoms with E-state index in [-0.39, 0.29) is 6.03 Å². The Labute approximate surface area is 126 Å². The molecule has 0 heterocycles. The summed E-state index contributed by atoms with van der Waals surface area (Å²) in [6.45, 7) is 0.